The summed E-state index contributed by atoms with van der Waals surface area (Å²) in [5.74, 6) is 1.22. The van der Waals surface area contributed by atoms with Gasteiger partial charge in [0.05, 0.1) is 12.1 Å². The number of piperidine rings is 2. The van der Waals surface area contributed by atoms with E-state index in [2.05, 4.69) is 19.7 Å². The summed E-state index contributed by atoms with van der Waals surface area (Å²) in [7, 11) is -4.75. The second-order valence-corrected chi connectivity index (χ2v) is 7.53. The Hall–Kier alpha value is -1.76. The van der Waals surface area contributed by atoms with Crippen molar-refractivity contribution >= 4 is 16.4 Å². The summed E-state index contributed by atoms with van der Waals surface area (Å²) < 4.78 is 40.5. The minimum Gasteiger partial charge on any atom is -0.339 e. The summed E-state index contributed by atoms with van der Waals surface area (Å²) >= 11 is 0. The summed E-state index contributed by atoms with van der Waals surface area (Å²) in [6.07, 6.45) is 2.92. The molecule has 4 rings (SSSR count). The van der Waals surface area contributed by atoms with Crippen molar-refractivity contribution < 1.29 is 26.6 Å². The Morgan fingerprint density at radius 1 is 1.24 bits per heavy atom. The molecule has 1 aromatic rings. The molecule has 11 nitrogen and oxygen atoms in total. The summed E-state index contributed by atoms with van der Waals surface area (Å²) in [6, 6.07) is -1.45. The second kappa shape index (κ2) is 6.20. The van der Waals surface area contributed by atoms with E-state index in [1.807, 2.05) is 0 Å². The molecule has 3 saturated heterocycles. The summed E-state index contributed by atoms with van der Waals surface area (Å²) in [4.78, 5) is 18.4. The van der Waals surface area contributed by atoms with Crippen molar-refractivity contribution in [3.05, 3.63) is 11.7 Å². The maximum Gasteiger partial charge on any atom is 0.418 e. The van der Waals surface area contributed by atoms with Gasteiger partial charge in [-0.15, -0.1) is 4.28 Å². The fourth-order valence-corrected chi connectivity index (χ4v) is 4.11. The number of rotatable bonds is 4. The van der Waals surface area contributed by atoms with E-state index in [1.54, 1.807) is 0 Å². The van der Waals surface area contributed by atoms with Gasteiger partial charge in [-0.2, -0.15) is 18.5 Å². The van der Waals surface area contributed by atoms with Gasteiger partial charge in [-0.3, -0.25) is 4.55 Å². The molecule has 0 radical (unpaired) electrons. The van der Waals surface area contributed by atoms with Crippen LogP contribution < -0.4 is 5.32 Å². The lowest BCUT2D eigenvalue weighted by Gasteiger charge is -2.27. The molecule has 3 aliphatic heterocycles. The van der Waals surface area contributed by atoms with Crippen LogP contribution in [-0.4, -0.2) is 64.8 Å². The highest BCUT2D eigenvalue weighted by molar-refractivity contribution is 7.80. The van der Waals surface area contributed by atoms with Crippen molar-refractivity contribution in [2.75, 3.05) is 19.6 Å². The third-order valence-corrected chi connectivity index (χ3v) is 5.29. The number of amides is 2. The van der Waals surface area contributed by atoms with Crippen molar-refractivity contribution in [2.45, 2.75) is 43.7 Å². The fourth-order valence-electron chi connectivity index (χ4n) is 3.72. The monoisotopic (exact) mass is 373 g/mol. The Kier molecular flexibility index (Phi) is 4.14. The minimum absolute atomic E-state index is 0.215. The van der Waals surface area contributed by atoms with Gasteiger partial charge in [0.2, 0.25) is 5.89 Å². The molecule has 3 fully saturated rings. The van der Waals surface area contributed by atoms with E-state index in [4.69, 9.17) is 9.08 Å². The number of urea groups is 1. The average molecular weight is 373 g/mol. The summed E-state index contributed by atoms with van der Waals surface area (Å²) in [6.45, 7) is 2.09. The summed E-state index contributed by atoms with van der Waals surface area (Å²) in [5.41, 5.74) is 0. The fraction of sp³-hybridized carbons (Fsp3) is 0.769. The maximum absolute atomic E-state index is 12.4. The maximum atomic E-state index is 12.4. The number of hydrogen-bond acceptors (Lipinski definition) is 8. The molecule has 0 unspecified atom stereocenters. The van der Waals surface area contributed by atoms with E-state index in [0.717, 1.165) is 25.9 Å². The number of hydrogen-bond donors (Lipinski definition) is 2. The van der Waals surface area contributed by atoms with Crippen LogP contribution in [0.5, 0.6) is 0 Å². The number of nitrogens with zero attached hydrogens (tertiary/aromatic N) is 4. The minimum atomic E-state index is -4.75. The first-order chi connectivity index (χ1) is 11.9. The Morgan fingerprint density at radius 2 is 2.00 bits per heavy atom. The lowest BCUT2D eigenvalue weighted by molar-refractivity contribution is -0.0317. The molecule has 2 bridgehead atoms. The van der Waals surface area contributed by atoms with Gasteiger partial charge in [0.25, 0.3) is 0 Å². The lowest BCUT2D eigenvalue weighted by atomic mass is 9.98. The highest BCUT2D eigenvalue weighted by atomic mass is 32.3. The van der Waals surface area contributed by atoms with Crippen LogP contribution in [0.4, 0.5) is 4.79 Å². The summed E-state index contributed by atoms with van der Waals surface area (Å²) in [5, 5.41) is 8.02. The van der Waals surface area contributed by atoms with Crippen molar-refractivity contribution in [3.63, 3.8) is 0 Å². The first-order valence-electron chi connectivity index (χ1n) is 8.23. The Bertz CT molecular complexity index is 761. The van der Waals surface area contributed by atoms with Crippen LogP contribution >= 0.6 is 0 Å². The van der Waals surface area contributed by atoms with Gasteiger partial charge in [-0.25, -0.2) is 4.79 Å². The molecule has 0 aliphatic carbocycles. The molecule has 25 heavy (non-hydrogen) atoms. The Labute approximate surface area is 144 Å². The van der Waals surface area contributed by atoms with Crippen LogP contribution in [0.1, 0.15) is 49.4 Å². The molecular formula is C13H19N5O6S. The molecule has 1 aromatic heterocycles. The van der Waals surface area contributed by atoms with Crippen molar-refractivity contribution in [3.8, 4) is 0 Å². The van der Waals surface area contributed by atoms with Crippen LogP contribution in [0.2, 0.25) is 0 Å². The van der Waals surface area contributed by atoms with Crippen LogP contribution in [0, 0.1) is 0 Å². The third kappa shape index (κ3) is 3.21. The van der Waals surface area contributed by atoms with E-state index < -0.39 is 28.5 Å². The van der Waals surface area contributed by atoms with Gasteiger partial charge in [0.15, 0.2) is 5.82 Å². The van der Waals surface area contributed by atoms with Crippen LogP contribution in [0.25, 0.3) is 0 Å². The van der Waals surface area contributed by atoms with Crippen molar-refractivity contribution in [1.82, 2.24) is 25.4 Å². The SMILES string of the molecule is O=C1N2C[C@@H](CC[C@@H]2c2noc(C3CCNCC3)n2)N1OS(=O)(=O)O. The van der Waals surface area contributed by atoms with Crippen molar-refractivity contribution in [1.29, 1.82) is 0 Å². The highest BCUT2D eigenvalue weighted by Crippen LogP contribution is 2.38. The molecule has 3 aliphatic rings. The topological polar surface area (TPSA) is 138 Å². The predicted octanol–water partition coefficient (Wildman–Crippen LogP) is 0.212. The Balaban J connectivity index is 1.51. The molecule has 2 amide bonds. The Morgan fingerprint density at radius 3 is 2.72 bits per heavy atom. The predicted molar refractivity (Wildman–Crippen MR) is 81.5 cm³/mol. The second-order valence-electron chi connectivity index (χ2n) is 6.53. The molecule has 2 N–H and O–H groups in total. The van der Waals surface area contributed by atoms with Gasteiger partial charge in [0, 0.05) is 12.5 Å². The van der Waals surface area contributed by atoms with Gasteiger partial charge < -0.3 is 14.7 Å². The van der Waals surface area contributed by atoms with Gasteiger partial charge in [-0.05, 0) is 38.8 Å². The lowest BCUT2D eigenvalue weighted by Crippen LogP contribution is -2.35. The number of carbonyl (C=O) groups is 1. The van der Waals surface area contributed by atoms with Gasteiger partial charge in [0.1, 0.15) is 0 Å². The number of nitrogens with one attached hydrogen (secondary N) is 1. The molecular weight excluding hydrogens is 354 g/mol. The zero-order valence-corrected chi connectivity index (χ0v) is 14.2. The molecule has 2 atom stereocenters. The van der Waals surface area contributed by atoms with Crippen LogP contribution in [0.3, 0.4) is 0 Å². The third-order valence-electron chi connectivity index (χ3n) is 4.94. The van der Waals surface area contributed by atoms with Gasteiger partial charge in [-0.1, -0.05) is 5.16 Å². The average Bonchev–Trinajstić information content (AvgIpc) is 3.16. The van der Waals surface area contributed by atoms with Gasteiger partial charge >= 0.3 is 16.4 Å². The zero-order chi connectivity index (χ0) is 17.6. The highest BCUT2D eigenvalue weighted by Gasteiger charge is 2.49. The van der Waals surface area contributed by atoms with Crippen LogP contribution in [-0.2, 0) is 14.7 Å². The zero-order valence-electron chi connectivity index (χ0n) is 13.4. The first-order valence-corrected chi connectivity index (χ1v) is 9.60. The number of hydroxylamine groups is 2. The molecule has 0 spiro atoms. The molecule has 12 heteroatoms. The molecule has 0 aromatic carbocycles. The number of carbonyl (C=O) groups excluding carboxylic acids is 1. The number of fused-ring (bicyclic) bond motifs is 2. The van der Waals surface area contributed by atoms with E-state index >= 15 is 0 Å². The van der Waals surface area contributed by atoms with E-state index in [-0.39, 0.29) is 12.5 Å². The van der Waals surface area contributed by atoms with E-state index in [9.17, 15) is 13.2 Å². The van der Waals surface area contributed by atoms with Crippen LogP contribution in [0.15, 0.2) is 4.52 Å². The van der Waals surface area contributed by atoms with Crippen molar-refractivity contribution in [2.24, 2.45) is 0 Å². The quantitative estimate of drug-likeness (QED) is 0.709. The largest absolute Gasteiger partial charge is 0.418 e. The van der Waals surface area contributed by atoms with E-state index in [0.29, 0.717) is 29.6 Å². The van der Waals surface area contributed by atoms with E-state index in [1.165, 1.54) is 4.90 Å². The molecule has 0 saturated carbocycles. The normalized spacial score (nSPS) is 28.0. The smallest absolute Gasteiger partial charge is 0.339 e. The number of aromatic nitrogens is 2. The standard InChI is InChI=1S/C13H19N5O6S/c19-13-17-7-9(18(13)24-25(20,21)22)1-2-10(17)11-15-12(23-16-11)8-3-5-14-6-4-8/h8-10,14H,1-7H2,(H,20,21,22)/t9-,10-/m1/s1. The molecule has 138 valence electrons. The molecule has 4 heterocycles. The first kappa shape index (κ1) is 16.7.